The van der Waals surface area contributed by atoms with Gasteiger partial charge < -0.3 is 10.6 Å². The van der Waals surface area contributed by atoms with E-state index < -0.39 is 5.54 Å². The van der Waals surface area contributed by atoms with Gasteiger partial charge in [-0.3, -0.25) is 9.59 Å². The summed E-state index contributed by atoms with van der Waals surface area (Å²) in [5, 5.41) is 6.45. The predicted octanol–water partition coefficient (Wildman–Crippen LogP) is 3.73. The van der Waals surface area contributed by atoms with Crippen molar-refractivity contribution in [3.05, 3.63) is 0 Å². The van der Waals surface area contributed by atoms with Crippen molar-refractivity contribution < 1.29 is 9.59 Å². The smallest absolute Gasteiger partial charge is 0.166 e. The number of hydrogen-bond acceptors (Lipinski definition) is 4. The first-order chi connectivity index (χ1) is 10.5. The van der Waals surface area contributed by atoms with Gasteiger partial charge in [0.25, 0.3) is 0 Å². The van der Waals surface area contributed by atoms with Crippen LogP contribution in [0.15, 0.2) is 0 Å². The fourth-order valence-corrected chi connectivity index (χ4v) is 3.18. The Balaban J connectivity index is 4.55. The van der Waals surface area contributed by atoms with E-state index in [9.17, 15) is 9.59 Å². The summed E-state index contributed by atoms with van der Waals surface area (Å²) in [6.45, 7) is 20.9. The second kappa shape index (κ2) is 8.09. The highest BCUT2D eigenvalue weighted by Crippen LogP contribution is 2.33. The molecule has 0 aliphatic heterocycles. The van der Waals surface area contributed by atoms with E-state index in [-0.39, 0.29) is 41.0 Å². The molecule has 0 fully saturated rings. The number of carbonyl (C=O) groups excluding carboxylic acids is 2. The zero-order chi connectivity index (χ0) is 19.4. The van der Waals surface area contributed by atoms with Gasteiger partial charge in [0, 0.05) is 11.0 Å². The molecule has 0 spiro atoms. The third-order valence-corrected chi connectivity index (χ3v) is 4.53. The third-order valence-electron chi connectivity index (χ3n) is 4.53. The van der Waals surface area contributed by atoms with Gasteiger partial charge in [-0.15, -0.1) is 0 Å². The van der Waals surface area contributed by atoms with Gasteiger partial charge in [0.1, 0.15) is 0 Å². The second-order valence-corrected chi connectivity index (χ2v) is 10.1. The van der Waals surface area contributed by atoms with E-state index in [1.165, 1.54) is 0 Å². The Hall–Kier alpha value is -0.740. The number of hydrogen-bond donors (Lipinski definition) is 2. The summed E-state index contributed by atoms with van der Waals surface area (Å²) < 4.78 is 0. The average molecular weight is 341 g/mol. The van der Waals surface area contributed by atoms with Crippen molar-refractivity contribution in [2.24, 2.45) is 10.8 Å². The van der Waals surface area contributed by atoms with Gasteiger partial charge in [-0.05, 0) is 46.0 Å². The number of rotatable bonds is 10. The molecule has 0 heterocycles. The van der Waals surface area contributed by atoms with Crippen LogP contribution >= 0.6 is 0 Å². The molecule has 0 radical (unpaired) electrons. The first kappa shape index (κ1) is 23.3. The van der Waals surface area contributed by atoms with Crippen molar-refractivity contribution in [2.45, 2.75) is 93.2 Å². The molecule has 0 bridgehead atoms. The molecule has 0 saturated heterocycles. The summed E-state index contributed by atoms with van der Waals surface area (Å²) >= 11 is 0. The van der Waals surface area contributed by atoms with Gasteiger partial charge in [-0.2, -0.15) is 0 Å². The number of nitrogens with one attached hydrogen (secondary N) is 2. The van der Waals surface area contributed by atoms with Crippen LogP contribution in [0.25, 0.3) is 0 Å². The topological polar surface area (TPSA) is 58.2 Å². The van der Waals surface area contributed by atoms with E-state index in [1.807, 2.05) is 27.7 Å². The molecule has 0 rings (SSSR count). The molecule has 2 N–H and O–H groups in total. The Morgan fingerprint density at radius 2 is 1.25 bits per heavy atom. The van der Waals surface area contributed by atoms with Crippen molar-refractivity contribution in [1.82, 2.24) is 10.6 Å². The minimum absolute atomic E-state index is 0.0745. The highest BCUT2D eigenvalue weighted by Gasteiger charge is 2.34. The van der Waals surface area contributed by atoms with Crippen LogP contribution in [-0.2, 0) is 9.59 Å². The van der Waals surface area contributed by atoms with Crippen molar-refractivity contribution in [3.63, 3.8) is 0 Å². The maximum Gasteiger partial charge on any atom is 0.166 e. The third kappa shape index (κ3) is 8.39. The molecule has 0 unspecified atom stereocenters. The van der Waals surface area contributed by atoms with E-state index >= 15 is 0 Å². The lowest BCUT2D eigenvalue weighted by Gasteiger charge is -2.36. The van der Waals surface area contributed by atoms with Crippen LogP contribution in [0, 0.1) is 10.8 Å². The number of ketones is 2. The molecule has 24 heavy (non-hydrogen) atoms. The van der Waals surface area contributed by atoms with Crippen molar-refractivity contribution >= 4 is 11.6 Å². The zero-order valence-electron chi connectivity index (χ0n) is 17.6. The lowest BCUT2D eigenvalue weighted by Crippen LogP contribution is -2.58. The largest absolute Gasteiger partial charge is 0.303 e. The van der Waals surface area contributed by atoms with Crippen LogP contribution in [0.5, 0.6) is 0 Å². The molecule has 4 heteroatoms. The number of Topliss-reactive ketones (excluding diaryl/α,β-unsaturated/α-hetero) is 2. The fraction of sp³-hybridized carbons (Fsp3) is 0.900. The molecular formula is C20H40N2O2. The van der Waals surface area contributed by atoms with Gasteiger partial charge >= 0.3 is 0 Å². The molecule has 0 atom stereocenters. The van der Waals surface area contributed by atoms with E-state index in [1.54, 1.807) is 0 Å². The Kier molecular flexibility index (Phi) is 7.84. The van der Waals surface area contributed by atoms with Crippen molar-refractivity contribution in [3.8, 4) is 0 Å². The van der Waals surface area contributed by atoms with Gasteiger partial charge in [-0.1, -0.05) is 41.5 Å². The van der Waals surface area contributed by atoms with E-state index in [4.69, 9.17) is 0 Å². The number of carbonyl (C=O) groups is 2. The summed E-state index contributed by atoms with van der Waals surface area (Å²) in [7, 11) is 0. The molecule has 0 aliphatic rings. The molecule has 0 aromatic heterocycles. The minimum atomic E-state index is -0.615. The first-order valence-corrected chi connectivity index (χ1v) is 9.09. The van der Waals surface area contributed by atoms with Crippen LogP contribution in [-0.4, -0.2) is 35.7 Å². The standard InChI is InChI=1S/C20H40N2O2/c1-11-19(7,8)22-20(9,10)16(24)13-21-12-15(23)18(5,6)14-17(2,3)4/h21-22H,11-14H2,1-10H3. The van der Waals surface area contributed by atoms with Crippen LogP contribution in [0.1, 0.15) is 82.1 Å². The average Bonchev–Trinajstić information content (AvgIpc) is 2.34. The van der Waals surface area contributed by atoms with Crippen LogP contribution < -0.4 is 10.6 Å². The SMILES string of the molecule is CCC(C)(C)NC(C)(C)C(=O)CNCC(=O)C(C)(C)CC(C)(C)C. The van der Waals surface area contributed by atoms with Gasteiger partial charge in [0.2, 0.25) is 0 Å². The minimum Gasteiger partial charge on any atom is -0.303 e. The Morgan fingerprint density at radius 3 is 1.67 bits per heavy atom. The van der Waals surface area contributed by atoms with Gasteiger partial charge in [-0.25, -0.2) is 0 Å². The summed E-state index contributed by atoms with van der Waals surface area (Å²) in [5.41, 5.74) is -0.987. The first-order valence-electron chi connectivity index (χ1n) is 9.09. The summed E-state index contributed by atoms with van der Waals surface area (Å²) in [4.78, 5) is 24.9. The summed E-state index contributed by atoms with van der Waals surface area (Å²) in [6, 6.07) is 0. The Bertz CT molecular complexity index is 443. The molecule has 0 saturated carbocycles. The summed E-state index contributed by atoms with van der Waals surface area (Å²) in [6.07, 6.45) is 1.77. The second-order valence-electron chi connectivity index (χ2n) is 10.1. The lowest BCUT2D eigenvalue weighted by atomic mass is 9.74. The summed E-state index contributed by atoms with van der Waals surface area (Å²) in [5.74, 6) is 0.232. The quantitative estimate of drug-likeness (QED) is 0.636. The monoisotopic (exact) mass is 340 g/mol. The molecule has 0 amide bonds. The molecule has 0 aromatic rings. The normalized spacial score (nSPS) is 13.9. The molecular weight excluding hydrogens is 300 g/mol. The van der Waals surface area contributed by atoms with Gasteiger partial charge in [0.15, 0.2) is 11.6 Å². The van der Waals surface area contributed by atoms with Crippen LogP contribution in [0.2, 0.25) is 0 Å². The molecule has 0 aliphatic carbocycles. The van der Waals surface area contributed by atoms with E-state index in [2.05, 4.69) is 52.2 Å². The van der Waals surface area contributed by atoms with Crippen molar-refractivity contribution in [2.75, 3.05) is 13.1 Å². The molecule has 142 valence electrons. The van der Waals surface area contributed by atoms with E-state index in [0.717, 1.165) is 12.8 Å². The highest BCUT2D eigenvalue weighted by atomic mass is 16.1. The van der Waals surface area contributed by atoms with Gasteiger partial charge in [0.05, 0.1) is 18.6 Å². The highest BCUT2D eigenvalue weighted by molar-refractivity contribution is 5.90. The lowest BCUT2D eigenvalue weighted by molar-refractivity contribution is -0.128. The molecule has 4 nitrogen and oxygen atoms in total. The Labute approximate surface area is 149 Å². The maximum absolute atomic E-state index is 12.5. The van der Waals surface area contributed by atoms with E-state index in [0.29, 0.717) is 0 Å². The zero-order valence-corrected chi connectivity index (χ0v) is 17.6. The predicted molar refractivity (Wildman–Crippen MR) is 102 cm³/mol. The Morgan fingerprint density at radius 1 is 0.792 bits per heavy atom. The van der Waals surface area contributed by atoms with Crippen molar-refractivity contribution in [1.29, 1.82) is 0 Å². The fourth-order valence-electron chi connectivity index (χ4n) is 3.18. The maximum atomic E-state index is 12.5. The van der Waals surface area contributed by atoms with Crippen LogP contribution in [0.3, 0.4) is 0 Å². The molecule has 0 aromatic carbocycles. The van der Waals surface area contributed by atoms with Crippen LogP contribution in [0.4, 0.5) is 0 Å².